The minimum Gasteiger partial charge on any atom is -0.384 e. The molecule has 1 aliphatic rings. The largest absolute Gasteiger partial charge is 0.384 e. The number of hydrogen-bond donors (Lipinski definition) is 2. The molecule has 0 aliphatic heterocycles. The average molecular weight is 450 g/mol. The zero-order chi connectivity index (χ0) is 24.2. The summed E-state index contributed by atoms with van der Waals surface area (Å²) in [6, 6.07) is 7.62. The molecule has 178 valence electrons. The van der Waals surface area contributed by atoms with Crippen LogP contribution in [-0.2, 0) is 0 Å². The van der Waals surface area contributed by atoms with Crippen LogP contribution >= 0.6 is 0 Å². The molecule has 0 spiro atoms. The van der Waals surface area contributed by atoms with Crippen molar-refractivity contribution in [2.75, 3.05) is 16.8 Å². The molecule has 0 bridgehead atoms. The Morgan fingerprint density at radius 2 is 1.82 bits per heavy atom. The molecule has 3 rings (SSSR count). The fourth-order valence-corrected chi connectivity index (χ4v) is 4.04. The summed E-state index contributed by atoms with van der Waals surface area (Å²) >= 11 is 0. The molecular weight excluding hydrogens is 410 g/mol. The van der Waals surface area contributed by atoms with E-state index in [0.29, 0.717) is 11.6 Å². The van der Waals surface area contributed by atoms with Crippen LogP contribution in [-0.4, -0.2) is 28.1 Å². The maximum absolute atomic E-state index is 13.7. The summed E-state index contributed by atoms with van der Waals surface area (Å²) in [7, 11) is 0. The number of amides is 2. The molecule has 33 heavy (non-hydrogen) atoms. The lowest BCUT2D eigenvalue weighted by atomic mass is 9.90. The topological polar surface area (TPSA) is 70.2 Å². The molecule has 0 aromatic carbocycles. The first-order chi connectivity index (χ1) is 15.7. The number of anilines is 2. The van der Waals surface area contributed by atoms with Crippen LogP contribution in [0.4, 0.5) is 16.4 Å². The first kappa shape index (κ1) is 24.7. The molecule has 2 amide bonds. The van der Waals surface area contributed by atoms with Crippen molar-refractivity contribution in [1.82, 2.24) is 15.3 Å². The van der Waals surface area contributed by atoms with E-state index < -0.39 is 5.54 Å². The van der Waals surface area contributed by atoms with Crippen molar-refractivity contribution in [3.63, 3.8) is 0 Å². The van der Waals surface area contributed by atoms with Crippen LogP contribution in [0.3, 0.4) is 0 Å². The summed E-state index contributed by atoms with van der Waals surface area (Å²) in [6.07, 6.45) is 5.19. The van der Waals surface area contributed by atoms with E-state index in [9.17, 15) is 4.79 Å². The van der Waals surface area contributed by atoms with Gasteiger partial charge in [-0.3, -0.25) is 10.2 Å². The Morgan fingerprint density at radius 1 is 1.12 bits per heavy atom. The Kier molecular flexibility index (Phi) is 7.77. The van der Waals surface area contributed by atoms with E-state index in [4.69, 9.17) is 4.98 Å². The van der Waals surface area contributed by atoms with Gasteiger partial charge >= 0.3 is 6.03 Å². The second-order valence-corrected chi connectivity index (χ2v) is 9.60. The number of aromatic nitrogens is 2. The van der Waals surface area contributed by atoms with Crippen molar-refractivity contribution in [3.05, 3.63) is 53.4 Å². The lowest BCUT2D eigenvalue weighted by molar-refractivity contribution is 0.246. The van der Waals surface area contributed by atoms with E-state index in [1.54, 1.807) is 0 Å². The zero-order valence-electron chi connectivity index (χ0n) is 21.1. The molecule has 1 unspecified atom stereocenters. The fourth-order valence-electron chi connectivity index (χ4n) is 4.04. The zero-order valence-corrected chi connectivity index (χ0v) is 21.1. The molecule has 1 fully saturated rings. The molecular formula is C27H39N5O. The summed E-state index contributed by atoms with van der Waals surface area (Å²) in [6.45, 7) is 17.5. The van der Waals surface area contributed by atoms with Gasteiger partial charge in [-0.1, -0.05) is 39.0 Å². The van der Waals surface area contributed by atoms with E-state index in [0.717, 1.165) is 59.9 Å². The number of hydrogen-bond acceptors (Lipinski definition) is 4. The van der Waals surface area contributed by atoms with Crippen LogP contribution in [0.2, 0.25) is 0 Å². The van der Waals surface area contributed by atoms with Gasteiger partial charge in [-0.25, -0.2) is 14.8 Å². The Bertz CT molecular complexity index is 1010. The minimum atomic E-state index is -0.391. The van der Waals surface area contributed by atoms with E-state index in [2.05, 4.69) is 43.0 Å². The molecule has 2 aromatic heterocycles. The number of aryl methyl sites for hydroxylation is 3. The standard InChI is InChI=1S/C27H39N5O/c1-8-16-27(7,9-2)32(26(33)31-24-15-11-18(3)20(5)29-24)25-19(4)10-14-23(30-25)21(6)28-17-22-12-13-22/h10-11,14-15,22,28H,6,8-9,12-13,16-17H2,1-5,7H3,(H,29,31,33). The molecule has 6 heteroatoms. The summed E-state index contributed by atoms with van der Waals surface area (Å²) in [4.78, 5) is 25.1. The first-order valence-electron chi connectivity index (χ1n) is 12.1. The predicted octanol–water partition coefficient (Wildman–Crippen LogP) is 6.38. The van der Waals surface area contributed by atoms with E-state index in [-0.39, 0.29) is 6.03 Å². The second-order valence-electron chi connectivity index (χ2n) is 9.60. The quantitative estimate of drug-likeness (QED) is 0.441. The fraction of sp³-hybridized carbons (Fsp3) is 0.519. The molecule has 1 atom stereocenters. The number of carbonyl (C=O) groups is 1. The number of pyridine rings is 2. The Balaban J connectivity index is 1.97. The average Bonchev–Trinajstić information content (AvgIpc) is 3.61. The molecule has 2 heterocycles. The van der Waals surface area contributed by atoms with Crippen LogP contribution in [0.5, 0.6) is 0 Å². The van der Waals surface area contributed by atoms with Gasteiger partial charge < -0.3 is 5.32 Å². The predicted molar refractivity (Wildman–Crippen MR) is 138 cm³/mol. The molecule has 0 saturated heterocycles. The van der Waals surface area contributed by atoms with Crippen LogP contribution in [0.1, 0.15) is 75.4 Å². The van der Waals surface area contributed by atoms with Gasteiger partial charge in [0.15, 0.2) is 0 Å². The van der Waals surface area contributed by atoms with Crippen LogP contribution < -0.4 is 15.5 Å². The molecule has 2 N–H and O–H groups in total. The van der Waals surface area contributed by atoms with Gasteiger partial charge in [0, 0.05) is 17.8 Å². The van der Waals surface area contributed by atoms with E-state index in [1.165, 1.54) is 12.8 Å². The highest BCUT2D eigenvalue weighted by atomic mass is 16.2. The number of rotatable bonds is 10. The summed E-state index contributed by atoms with van der Waals surface area (Å²) in [5, 5.41) is 6.45. The Hall–Kier alpha value is -2.89. The normalized spacial score (nSPS) is 15.0. The summed E-state index contributed by atoms with van der Waals surface area (Å²) < 4.78 is 0. The summed E-state index contributed by atoms with van der Waals surface area (Å²) in [5.41, 5.74) is 4.13. The van der Waals surface area contributed by atoms with Gasteiger partial charge in [-0.15, -0.1) is 0 Å². The first-order valence-corrected chi connectivity index (χ1v) is 12.1. The third-order valence-corrected chi connectivity index (χ3v) is 6.77. The Labute approximate surface area is 198 Å². The lowest BCUT2D eigenvalue weighted by Gasteiger charge is -2.40. The molecule has 1 aliphatic carbocycles. The molecule has 6 nitrogen and oxygen atoms in total. The van der Waals surface area contributed by atoms with Crippen molar-refractivity contribution < 1.29 is 4.79 Å². The van der Waals surface area contributed by atoms with Crippen molar-refractivity contribution in [3.8, 4) is 0 Å². The van der Waals surface area contributed by atoms with Gasteiger partial charge in [-0.2, -0.15) is 0 Å². The summed E-state index contributed by atoms with van der Waals surface area (Å²) in [5.74, 6) is 1.96. The van der Waals surface area contributed by atoms with Gasteiger partial charge in [-0.05, 0) is 82.6 Å². The highest BCUT2D eigenvalue weighted by Gasteiger charge is 2.36. The van der Waals surface area contributed by atoms with Crippen LogP contribution in [0.25, 0.3) is 5.70 Å². The third-order valence-electron chi connectivity index (χ3n) is 6.77. The van der Waals surface area contributed by atoms with E-state index >= 15 is 0 Å². The molecule has 1 saturated carbocycles. The maximum atomic E-state index is 13.7. The smallest absolute Gasteiger partial charge is 0.329 e. The Morgan fingerprint density at radius 3 is 2.42 bits per heavy atom. The monoisotopic (exact) mass is 449 g/mol. The van der Waals surface area contributed by atoms with Gasteiger partial charge in [0.1, 0.15) is 11.6 Å². The van der Waals surface area contributed by atoms with Gasteiger partial charge in [0.05, 0.1) is 11.4 Å². The van der Waals surface area contributed by atoms with Gasteiger partial charge in [0.25, 0.3) is 0 Å². The van der Waals surface area contributed by atoms with Crippen LogP contribution in [0.15, 0.2) is 30.8 Å². The number of urea groups is 1. The minimum absolute atomic E-state index is 0.215. The molecule has 2 aromatic rings. The third kappa shape index (κ3) is 5.92. The van der Waals surface area contributed by atoms with Crippen molar-refractivity contribution >= 4 is 23.4 Å². The van der Waals surface area contributed by atoms with Crippen LogP contribution in [0, 0.1) is 26.7 Å². The van der Waals surface area contributed by atoms with E-state index in [1.807, 2.05) is 49.9 Å². The number of carbonyl (C=O) groups excluding carboxylic acids is 1. The molecule has 0 radical (unpaired) electrons. The number of nitrogens with zero attached hydrogens (tertiary/aromatic N) is 3. The SMILES string of the molecule is C=C(NCC1CC1)c1ccc(C)c(N(C(=O)Nc2ccc(C)c(C)n2)C(C)(CC)CCC)n1. The number of nitrogens with one attached hydrogen (secondary N) is 2. The highest BCUT2D eigenvalue weighted by Crippen LogP contribution is 2.33. The highest BCUT2D eigenvalue weighted by molar-refractivity contribution is 6.02. The lowest BCUT2D eigenvalue weighted by Crippen LogP contribution is -2.52. The van der Waals surface area contributed by atoms with Crippen molar-refractivity contribution in [2.24, 2.45) is 5.92 Å². The second kappa shape index (κ2) is 10.4. The van der Waals surface area contributed by atoms with Gasteiger partial charge in [0.2, 0.25) is 0 Å². The van der Waals surface area contributed by atoms with Crippen molar-refractivity contribution in [2.45, 2.75) is 79.2 Å². The van der Waals surface area contributed by atoms with Crippen molar-refractivity contribution in [1.29, 1.82) is 0 Å². The maximum Gasteiger partial charge on any atom is 0.329 e.